The van der Waals surface area contributed by atoms with Crippen molar-refractivity contribution in [1.29, 1.82) is 0 Å². The molecule has 1 atom stereocenters. The SMILES string of the molecule is Cc1cc(C(=O)N[C@@H](C)CN)sc1C.Cl. The average molecular weight is 249 g/mol. The van der Waals surface area contributed by atoms with E-state index >= 15 is 0 Å². The van der Waals surface area contributed by atoms with Gasteiger partial charge in [-0.25, -0.2) is 0 Å². The van der Waals surface area contributed by atoms with Gasteiger partial charge in [0.25, 0.3) is 5.91 Å². The van der Waals surface area contributed by atoms with Gasteiger partial charge < -0.3 is 11.1 Å². The fourth-order valence-electron chi connectivity index (χ4n) is 1.04. The zero-order valence-electron chi connectivity index (χ0n) is 9.16. The number of hydrogen-bond acceptors (Lipinski definition) is 3. The number of hydrogen-bond donors (Lipinski definition) is 2. The quantitative estimate of drug-likeness (QED) is 0.858. The van der Waals surface area contributed by atoms with Crippen LogP contribution >= 0.6 is 23.7 Å². The molecule has 5 heteroatoms. The summed E-state index contributed by atoms with van der Waals surface area (Å²) < 4.78 is 0. The van der Waals surface area contributed by atoms with Gasteiger partial charge in [-0.15, -0.1) is 23.7 Å². The van der Waals surface area contributed by atoms with Crippen LogP contribution in [0.1, 0.15) is 27.0 Å². The number of halogens is 1. The van der Waals surface area contributed by atoms with Gasteiger partial charge in [-0.2, -0.15) is 0 Å². The van der Waals surface area contributed by atoms with Gasteiger partial charge in [0.1, 0.15) is 0 Å². The maximum absolute atomic E-state index is 11.6. The summed E-state index contributed by atoms with van der Waals surface area (Å²) >= 11 is 1.52. The first-order valence-corrected chi connectivity index (χ1v) is 5.44. The lowest BCUT2D eigenvalue weighted by Gasteiger charge is -2.09. The van der Waals surface area contributed by atoms with E-state index in [2.05, 4.69) is 5.32 Å². The summed E-state index contributed by atoms with van der Waals surface area (Å²) in [5.74, 6) is -0.0239. The normalized spacial score (nSPS) is 11.7. The smallest absolute Gasteiger partial charge is 0.261 e. The van der Waals surface area contributed by atoms with Crippen LogP contribution < -0.4 is 11.1 Å². The summed E-state index contributed by atoms with van der Waals surface area (Å²) in [6.45, 7) is 6.39. The molecule has 0 aliphatic heterocycles. The second kappa shape index (κ2) is 6.10. The molecule has 0 aliphatic carbocycles. The molecule has 0 aliphatic rings. The summed E-state index contributed by atoms with van der Waals surface area (Å²) in [5.41, 5.74) is 6.59. The number of thiophene rings is 1. The molecular weight excluding hydrogens is 232 g/mol. The largest absolute Gasteiger partial charge is 0.348 e. The Morgan fingerprint density at radius 3 is 2.60 bits per heavy atom. The van der Waals surface area contributed by atoms with Crippen LogP contribution in [0.25, 0.3) is 0 Å². The third-order valence-electron chi connectivity index (χ3n) is 2.12. The Labute approximate surface area is 100 Å². The number of carbonyl (C=O) groups excluding carboxylic acids is 1. The van der Waals surface area contributed by atoms with Crippen molar-refractivity contribution in [3.63, 3.8) is 0 Å². The molecule has 0 fully saturated rings. The molecule has 1 aromatic heterocycles. The third kappa shape index (κ3) is 3.81. The lowest BCUT2D eigenvalue weighted by Crippen LogP contribution is -2.37. The molecule has 3 N–H and O–H groups in total. The van der Waals surface area contributed by atoms with E-state index in [-0.39, 0.29) is 24.4 Å². The Morgan fingerprint density at radius 2 is 2.20 bits per heavy atom. The van der Waals surface area contributed by atoms with Crippen molar-refractivity contribution in [2.24, 2.45) is 5.73 Å². The third-order valence-corrected chi connectivity index (χ3v) is 3.27. The number of aryl methyl sites for hydroxylation is 2. The van der Waals surface area contributed by atoms with Crippen molar-refractivity contribution in [3.8, 4) is 0 Å². The van der Waals surface area contributed by atoms with E-state index in [4.69, 9.17) is 5.73 Å². The molecule has 0 aromatic carbocycles. The number of nitrogens with one attached hydrogen (secondary N) is 1. The van der Waals surface area contributed by atoms with E-state index in [1.165, 1.54) is 21.8 Å². The minimum absolute atomic E-state index is 0. The fourth-order valence-corrected chi connectivity index (χ4v) is 1.98. The van der Waals surface area contributed by atoms with Crippen LogP contribution in [0.4, 0.5) is 0 Å². The second-order valence-corrected chi connectivity index (χ2v) is 4.72. The second-order valence-electron chi connectivity index (χ2n) is 3.46. The zero-order valence-corrected chi connectivity index (χ0v) is 10.8. The lowest BCUT2D eigenvalue weighted by atomic mass is 10.2. The maximum atomic E-state index is 11.6. The Hall–Kier alpha value is -0.580. The van der Waals surface area contributed by atoms with Crippen molar-refractivity contribution < 1.29 is 4.79 Å². The molecule has 1 aromatic rings. The molecule has 0 bridgehead atoms. The molecule has 0 radical (unpaired) electrons. The molecule has 3 nitrogen and oxygen atoms in total. The Kier molecular flexibility index (Phi) is 5.87. The first-order chi connectivity index (χ1) is 6.54. The number of amides is 1. The van der Waals surface area contributed by atoms with Crippen LogP contribution in [0.2, 0.25) is 0 Å². The van der Waals surface area contributed by atoms with Crippen molar-refractivity contribution in [2.45, 2.75) is 26.8 Å². The maximum Gasteiger partial charge on any atom is 0.261 e. The highest BCUT2D eigenvalue weighted by molar-refractivity contribution is 7.14. The molecule has 1 amide bonds. The zero-order chi connectivity index (χ0) is 10.7. The van der Waals surface area contributed by atoms with Gasteiger partial charge in [0.2, 0.25) is 0 Å². The predicted octanol–water partition coefficient (Wildman–Crippen LogP) is 1.86. The molecule has 15 heavy (non-hydrogen) atoms. The molecule has 0 saturated heterocycles. The van der Waals surface area contributed by atoms with Crippen molar-refractivity contribution in [2.75, 3.05) is 6.54 Å². The van der Waals surface area contributed by atoms with Crippen LogP contribution in [0.15, 0.2) is 6.07 Å². The van der Waals surface area contributed by atoms with Crippen LogP contribution in [-0.4, -0.2) is 18.5 Å². The summed E-state index contributed by atoms with van der Waals surface area (Å²) in [5, 5.41) is 2.83. The van der Waals surface area contributed by atoms with Crippen molar-refractivity contribution >= 4 is 29.7 Å². The van der Waals surface area contributed by atoms with Crippen LogP contribution in [-0.2, 0) is 0 Å². The average Bonchev–Trinajstić information content (AvgIpc) is 2.47. The van der Waals surface area contributed by atoms with E-state index in [0.717, 1.165) is 4.88 Å². The fraction of sp³-hybridized carbons (Fsp3) is 0.500. The molecule has 1 heterocycles. The Morgan fingerprint density at radius 1 is 1.60 bits per heavy atom. The van der Waals surface area contributed by atoms with Gasteiger partial charge in [0.05, 0.1) is 4.88 Å². The molecule has 0 unspecified atom stereocenters. The highest BCUT2D eigenvalue weighted by Gasteiger charge is 2.11. The van der Waals surface area contributed by atoms with Crippen LogP contribution in [0, 0.1) is 13.8 Å². The number of rotatable bonds is 3. The molecule has 86 valence electrons. The first-order valence-electron chi connectivity index (χ1n) is 4.62. The predicted molar refractivity (Wildman–Crippen MR) is 67.0 cm³/mol. The summed E-state index contributed by atoms with van der Waals surface area (Å²) in [7, 11) is 0. The van der Waals surface area contributed by atoms with Gasteiger partial charge in [-0.3, -0.25) is 4.79 Å². The van der Waals surface area contributed by atoms with E-state index in [0.29, 0.717) is 6.54 Å². The van der Waals surface area contributed by atoms with Gasteiger partial charge in [-0.05, 0) is 32.4 Å². The summed E-state index contributed by atoms with van der Waals surface area (Å²) in [6.07, 6.45) is 0. The van der Waals surface area contributed by atoms with Crippen molar-refractivity contribution in [1.82, 2.24) is 5.32 Å². The Balaban J connectivity index is 0.00000196. The van der Waals surface area contributed by atoms with Crippen LogP contribution in [0.3, 0.4) is 0 Å². The molecular formula is C10H17ClN2OS. The Bertz CT molecular complexity index is 319. The van der Waals surface area contributed by atoms with E-state index in [9.17, 15) is 4.79 Å². The summed E-state index contributed by atoms with van der Waals surface area (Å²) in [4.78, 5) is 13.6. The minimum atomic E-state index is -0.0239. The molecule has 0 spiro atoms. The minimum Gasteiger partial charge on any atom is -0.348 e. The standard InChI is InChI=1S/C10H16N2OS.ClH/c1-6-4-9(14-8(6)3)10(13)12-7(2)5-11;/h4,7H,5,11H2,1-3H3,(H,12,13);1H/t7-;/m0./s1. The number of carbonyl (C=O) groups is 1. The highest BCUT2D eigenvalue weighted by Crippen LogP contribution is 2.20. The van der Waals surface area contributed by atoms with Gasteiger partial charge in [0.15, 0.2) is 0 Å². The van der Waals surface area contributed by atoms with E-state index in [1.54, 1.807) is 0 Å². The molecule has 0 saturated carbocycles. The molecule has 1 rings (SSSR count). The monoisotopic (exact) mass is 248 g/mol. The van der Waals surface area contributed by atoms with E-state index < -0.39 is 0 Å². The lowest BCUT2D eigenvalue weighted by molar-refractivity contribution is 0.0945. The topological polar surface area (TPSA) is 55.1 Å². The van der Waals surface area contributed by atoms with Gasteiger partial charge in [-0.1, -0.05) is 0 Å². The van der Waals surface area contributed by atoms with Crippen LogP contribution in [0.5, 0.6) is 0 Å². The van der Waals surface area contributed by atoms with Crippen molar-refractivity contribution in [3.05, 3.63) is 21.4 Å². The van der Waals surface area contributed by atoms with E-state index in [1.807, 2.05) is 26.8 Å². The van der Waals surface area contributed by atoms with Gasteiger partial charge >= 0.3 is 0 Å². The highest BCUT2D eigenvalue weighted by atomic mass is 35.5. The van der Waals surface area contributed by atoms with Gasteiger partial charge in [0, 0.05) is 17.5 Å². The summed E-state index contributed by atoms with van der Waals surface area (Å²) in [6, 6.07) is 1.95. The first kappa shape index (κ1) is 14.4. The number of nitrogens with two attached hydrogens (primary N) is 1.